The van der Waals surface area contributed by atoms with E-state index in [0.29, 0.717) is 21.8 Å². The number of hydrogen-bond acceptors (Lipinski definition) is 3. The molecule has 0 saturated heterocycles. The van der Waals surface area contributed by atoms with Gasteiger partial charge in [-0.2, -0.15) is 0 Å². The topological polar surface area (TPSA) is 58.6 Å². The molecule has 3 aromatic rings. The third kappa shape index (κ3) is 4.84. The van der Waals surface area contributed by atoms with Crippen LogP contribution in [0.4, 0.5) is 10.1 Å². The monoisotopic (exact) mass is 385 g/mol. The number of anilines is 1. The number of para-hydroxylation sites is 1. The molecule has 0 aliphatic carbocycles. The second kappa shape index (κ2) is 8.66. The van der Waals surface area contributed by atoms with Crippen LogP contribution in [0.3, 0.4) is 0 Å². The van der Waals surface area contributed by atoms with Crippen molar-refractivity contribution in [3.63, 3.8) is 0 Å². The lowest BCUT2D eigenvalue weighted by molar-refractivity contribution is -0.118. The van der Waals surface area contributed by atoms with Crippen molar-refractivity contribution in [2.45, 2.75) is 6.10 Å². The van der Waals surface area contributed by atoms with Crippen LogP contribution < -0.4 is 10.1 Å². The standard InChI is InChI=1S/C21H17ClFNO3/c22-15-10-11-18(16(12-15)21(26)14-6-2-1-3-7-14)24-20(25)13-27-19-9-5-4-8-17(19)23/h1-12,21,26H,13H2,(H,24,25). The first-order valence-corrected chi connectivity index (χ1v) is 8.62. The van der Waals surface area contributed by atoms with Crippen LogP contribution in [0.25, 0.3) is 0 Å². The highest BCUT2D eigenvalue weighted by Gasteiger charge is 2.17. The van der Waals surface area contributed by atoms with Gasteiger partial charge in [0.2, 0.25) is 0 Å². The van der Waals surface area contributed by atoms with Crippen LogP contribution in [0.2, 0.25) is 5.02 Å². The molecule has 0 spiro atoms. The van der Waals surface area contributed by atoms with E-state index in [1.807, 2.05) is 18.2 Å². The summed E-state index contributed by atoms with van der Waals surface area (Å²) in [6.07, 6.45) is -0.965. The van der Waals surface area contributed by atoms with Gasteiger partial charge in [0.1, 0.15) is 6.10 Å². The van der Waals surface area contributed by atoms with Gasteiger partial charge in [-0.1, -0.05) is 54.1 Å². The lowest BCUT2D eigenvalue weighted by atomic mass is 10.00. The van der Waals surface area contributed by atoms with Gasteiger partial charge in [0.25, 0.3) is 5.91 Å². The van der Waals surface area contributed by atoms with Crippen LogP contribution in [-0.4, -0.2) is 17.6 Å². The number of hydrogen-bond donors (Lipinski definition) is 2. The lowest BCUT2D eigenvalue weighted by Crippen LogP contribution is -2.21. The van der Waals surface area contributed by atoms with E-state index in [0.717, 1.165) is 0 Å². The summed E-state index contributed by atoms with van der Waals surface area (Å²) in [6, 6.07) is 19.7. The molecule has 3 rings (SSSR count). The van der Waals surface area contributed by atoms with E-state index >= 15 is 0 Å². The maximum atomic E-state index is 13.6. The molecule has 27 heavy (non-hydrogen) atoms. The fourth-order valence-electron chi connectivity index (χ4n) is 2.58. The van der Waals surface area contributed by atoms with E-state index in [1.54, 1.807) is 36.4 Å². The van der Waals surface area contributed by atoms with Crippen molar-refractivity contribution < 1.29 is 19.0 Å². The van der Waals surface area contributed by atoms with Crippen LogP contribution in [0.1, 0.15) is 17.2 Å². The molecule has 2 N–H and O–H groups in total. The molecule has 0 aromatic heterocycles. The zero-order chi connectivity index (χ0) is 19.2. The van der Waals surface area contributed by atoms with Crippen LogP contribution in [0.15, 0.2) is 72.8 Å². The number of aliphatic hydroxyl groups is 1. The Balaban J connectivity index is 1.75. The van der Waals surface area contributed by atoms with Gasteiger partial charge in [0, 0.05) is 16.3 Å². The Bertz CT molecular complexity index is 934. The Labute approximate surface area is 161 Å². The highest BCUT2D eigenvalue weighted by atomic mass is 35.5. The van der Waals surface area contributed by atoms with E-state index in [-0.39, 0.29) is 12.4 Å². The Morgan fingerprint density at radius 1 is 1.07 bits per heavy atom. The molecule has 3 aromatic carbocycles. The highest BCUT2D eigenvalue weighted by molar-refractivity contribution is 6.30. The normalized spacial score (nSPS) is 11.7. The van der Waals surface area contributed by atoms with Crippen LogP contribution in [0, 0.1) is 5.82 Å². The number of halogens is 2. The third-order valence-corrected chi connectivity index (χ3v) is 4.13. The van der Waals surface area contributed by atoms with Crippen molar-refractivity contribution in [3.8, 4) is 5.75 Å². The first-order valence-electron chi connectivity index (χ1n) is 8.24. The van der Waals surface area contributed by atoms with E-state index in [9.17, 15) is 14.3 Å². The van der Waals surface area contributed by atoms with Crippen molar-refractivity contribution in [1.29, 1.82) is 0 Å². The van der Waals surface area contributed by atoms with Gasteiger partial charge < -0.3 is 15.2 Å². The third-order valence-electron chi connectivity index (χ3n) is 3.89. The van der Waals surface area contributed by atoms with Gasteiger partial charge in [-0.15, -0.1) is 0 Å². The molecule has 0 fully saturated rings. The van der Waals surface area contributed by atoms with Gasteiger partial charge in [-0.25, -0.2) is 4.39 Å². The molecule has 4 nitrogen and oxygen atoms in total. The number of carbonyl (C=O) groups excluding carboxylic acids is 1. The van der Waals surface area contributed by atoms with Gasteiger partial charge in [-0.05, 0) is 35.9 Å². The van der Waals surface area contributed by atoms with Gasteiger partial charge in [0.05, 0.1) is 0 Å². The van der Waals surface area contributed by atoms with Gasteiger partial charge >= 0.3 is 0 Å². The molecular formula is C21H17ClFNO3. The van der Waals surface area contributed by atoms with Crippen molar-refractivity contribution in [2.75, 3.05) is 11.9 Å². The Kier molecular flexibility index (Phi) is 6.06. The minimum absolute atomic E-state index is 0.00620. The maximum absolute atomic E-state index is 13.6. The summed E-state index contributed by atoms with van der Waals surface area (Å²) in [7, 11) is 0. The lowest BCUT2D eigenvalue weighted by Gasteiger charge is -2.17. The zero-order valence-corrected chi connectivity index (χ0v) is 15.0. The summed E-state index contributed by atoms with van der Waals surface area (Å²) >= 11 is 6.05. The molecule has 0 bridgehead atoms. The average molecular weight is 386 g/mol. The molecule has 1 atom stereocenters. The molecule has 0 aliphatic heterocycles. The Morgan fingerprint density at radius 2 is 1.78 bits per heavy atom. The molecule has 1 amide bonds. The number of rotatable bonds is 6. The maximum Gasteiger partial charge on any atom is 0.262 e. The van der Waals surface area contributed by atoms with Gasteiger partial charge in [0.15, 0.2) is 18.2 Å². The molecule has 6 heteroatoms. The quantitative estimate of drug-likeness (QED) is 0.653. The minimum Gasteiger partial charge on any atom is -0.481 e. The van der Waals surface area contributed by atoms with Crippen molar-refractivity contribution in [1.82, 2.24) is 0 Å². The Morgan fingerprint density at radius 3 is 2.52 bits per heavy atom. The predicted octanol–water partition coefficient (Wildman–Crippen LogP) is 4.58. The molecule has 0 aliphatic rings. The molecular weight excluding hydrogens is 369 g/mol. The van der Waals surface area contributed by atoms with E-state index in [4.69, 9.17) is 16.3 Å². The minimum atomic E-state index is -0.965. The van der Waals surface area contributed by atoms with Crippen molar-refractivity contribution in [3.05, 3.63) is 94.8 Å². The number of amides is 1. The second-order valence-electron chi connectivity index (χ2n) is 5.81. The van der Waals surface area contributed by atoms with Crippen molar-refractivity contribution in [2.24, 2.45) is 0 Å². The summed E-state index contributed by atoms with van der Waals surface area (Å²) in [5.74, 6) is -1.03. The van der Waals surface area contributed by atoms with Crippen LogP contribution in [0.5, 0.6) is 5.75 Å². The second-order valence-corrected chi connectivity index (χ2v) is 6.25. The fraction of sp³-hybridized carbons (Fsp3) is 0.0952. The molecule has 0 heterocycles. The first kappa shape index (κ1) is 18.9. The summed E-state index contributed by atoms with van der Waals surface area (Å²) < 4.78 is 18.8. The summed E-state index contributed by atoms with van der Waals surface area (Å²) in [6.45, 7) is -0.371. The molecule has 138 valence electrons. The highest BCUT2D eigenvalue weighted by Crippen LogP contribution is 2.31. The van der Waals surface area contributed by atoms with Gasteiger partial charge in [-0.3, -0.25) is 4.79 Å². The number of nitrogens with one attached hydrogen (secondary N) is 1. The van der Waals surface area contributed by atoms with Crippen LogP contribution in [-0.2, 0) is 4.79 Å². The zero-order valence-electron chi connectivity index (χ0n) is 14.2. The van der Waals surface area contributed by atoms with E-state index in [1.165, 1.54) is 18.2 Å². The molecule has 0 saturated carbocycles. The molecule has 0 radical (unpaired) electrons. The number of ether oxygens (including phenoxy) is 1. The Hall–Kier alpha value is -2.89. The largest absolute Gasteiger partial charge is 0.481 e. The number of benzene rings is 3. The average Bonchev–Trinajstić information content (AvgIpc) is 2.69. The first-order chi connectivity index (χ1) is 13.0. The number of carbonyl (C=O) groups is 1. The predicted molar refractivity (Wildman–Crippen MR) is 102 cm³/mol. The van der Waals surface area contributed by atoms with E-state index < -0.39 is 17.8 Å². The smallest absolute Gasteiger partial charge is 0.262 e. The van der Waals surface area contributed by atoms with Crippen molar-refractivity contribution >= 4 is 23.2 Å². The summed E-state index contributed by atoms with van der Waals surface area (Å²) in [4.78, 5) is 12.2. The summed E-state index contributed by atoms with van der Waals surface area (Å²) in [5.41, 5.74) is 1.52. The fourth-order valence-corrected chi connectivity index (χ4v) is 2.76. The molecule has 1 unspecified atom stereocenters. The SMILES string of the molecule is O=C(COc1ccccc1F)Nc1ccc(Cl)cc1C(O)c1ccccc1. The number of aliphatic hydroxyl groups excluding tert-OH is 1. The van der Waals surface area contributed by atoms with Crippen LogP contribution >= 0.6 is 11.6 Å². The van der Waals surface area contributed by atoms with E-state index in [2.05, 4.69) is 5.32 Å². The summed E-state index contributed by atoms with van der Waals surface area (Å²) in [5, 5.41) is 13.8.